The number of anilines is 1. The Labute approximate surface area is 159 Å². The van der Waals surface area contributed by atoms with Gasteiger partial charge in [-0.2, -0.15) is 0 Å². The van der Waals surface area contributed by atoms with Gasteiger partial charge in [0.2, 0.25) is 0 Å². The summed E-state index contributed by atoms with van der Waals surface area (Å²) in [7, 11) is -0.120. The highest BCUT2D eigenvalue weighted by Gasteiger charge is 2.20. The van der Waals surface area contributed by atoms with E-state index in [-0.39, 0.29) is 21.4 Å². The van der Waals surface area contributed by atoms with Gasteiger partial charge in [0.25, 0.3) is 15.9 Å². The standard InChI is InChI=1S/C18H22ClN3O3S/c1-13-4-7-15(8-5-13)21-26(24,25)17-12-14(6-9-16(17)19)18(23)20-10-11-22(2)3/h4-9,12,21H,10-11H2,1-3H3,(H,20,23). The molecule has 0 unspecified atom stereocenters. The number of aryl methyl sites for hydroxylation is 1. The van der Waals surface area contributed by atoms with Crippen LogP contribution in [0.1, 0.15) is 15.9 Å². The number of carbonyl (C=O) groups is 1. The lowest BCUT2D eigenvalue weighted by Gasteiger charge is -2.13. The molecule has 0 fully saturated rings. The van der Waals surface area contributed by atoms with E-state index < -0.39 is 10.0 Å². The Balaban J connectivity index is 2.22. The van der Waals surface area contributed by atoms with Crippen LogP contribution in [0, 0.1) is 6.92 Å². The van der Waals surface area contributed by atoms with Crippen LogP contribution < -0.4 is 10.0 Å². The molecule has 0 saturated carbocycles. The van der Waals surface area contributed by atoms with E-state index in [4.69, 9.17) is 11.6 Å². The van der Waals surface area contributed by atoms with Gasteiger partial charge >= 0.3 is 0 Å². The number of amides is 1. The monoisotopic (exact) mass is 395 g/mol. The van der Waals surface area contributed by atoms with Crippen molar-refractivity contribution in [2.24, 2.45) is 0 Å². The zero-order chi connectivity index (χ0) is 19.3. The van der Waals surface area contributed by atoms with Crippen LogP contribution in [-0.4, -0.2) is 46.4 Å². The molecular formula is C18H22ClN3O3S. The van der Waals surface area contributed by atoms with Crippen molar-refractivity contribution in [3.63, 3.8) is 0 Å². The van der Waals surface area contributed by atoms with Crippen LogP contribution in [0.3, 0.4) is 0 Å². The fourth-order valence-corrected chi connectivity index (χ4v) is 3.76. The first-order chi connectivity index (χ1) is 12.2. The van der Waals surface area contributed by atoms with Gasteiger partial charge in [-0.1, -0.05) is 29.3 Å². The summed E-state index contributed by atoms with van der Waals surface area (Å²) < 4.78 is 27.8. The van der Waals surface area contributed by atoms with Crippen molar-refractivity contribution in [3.05, 3.63) is 58.6 Å². The van der Waals surface area contributed by atoms with Crippen LogP contribution in [-0.2, 0) is 10.0 Å². The van der Waals surface area contributed by atoms with Gasteiger partial charge in [-0.15, -0.1) is 0 Å². The van der Waals surface area contributed by atoms with Gasteiger partial charge in [0.15, 0.2) is 0 Å². The van der Waals surface area contributed by atoms with Gasteiger partial charge in [0.05, 0.1) is 5.02 Å². The number of benzene rings is 2. The molecule has 0 aromatic heterocycles. The van der Waals surface area contributed by atoms with Gasteiger partial charge in [0.1, 0.15) is 4.90 Å². The van der Waals surface area contributed by atoms with Crippen LogP contribution in [0.15, 0.2) is 47.4 Å². The van der Waals surface area contributed by atoms with Crippen LogP contribution in [0.5, 0.6) is 0 Å². The van der Waals surface area contributed by atoms with E-state index in [1.807, 2.05) is 25.9 Å². The lowest BCUT2D eigenvalue weighted by atomic mass is 10.2. The Kier molecular flexibility index (Phi) is 6.63. The lowest BCUT2D eigenvalue weighted by molar-refractivity contribution is 0.0951. The van der Waals surface area contributed by atoms with Crippen molar-refractivity contribution in [1.29, 1.82) is 0 Å². The second kappa shape index (κ2) is 8.53. The maximum Gasteiger partial charge on any atom is 0.263 e. The molecule has 0 heterocycles. The van der Waals surface area contributed by atoms with Gasteiger partial charge in [-0.25, -0.2) is 8.42 Å². The average Bonchev–Trinajstić information content (AvgIpc) is 2.56. The molecule has 0 saturated heterocycles. The van der Waals surface area contributed by atoms with E-state index in [2.05, 4.69) is 10.0 Å². The number of halogens is 1. The van der Waals surface area contributed by atoms with E-state index in [1.165, 1.54) is 18.2 Å². The van der Waals surface area contributed by atoms with Crippen molar-refractivity contribution in [1.82, 2.24) is 10.2 Å². The summed E-state index contributed by atoms with van der Waals surface area (Å²) in [5, 5.41) is 2.80. The van der Waals surface area contributed by atoms with Crippen LogP contribution in [0.2, 0.25) is 5.02 Å². The molecule has 0 bridgehead atoms. The summed E-state index contributed by atoms with van der Waals surface area (Å²) >= 11 is 6.07. The van der Waals surface area contributed by atoms with Gasteiger partial charge in [-0.3, -0.25) is 9.52 Å². The van der Waals surface area contributed by atoms with E-state index in [0.717, 1.165) is 5.56 Å². The molecule has 0 aliphatic carbocycles. The predicted molar refractivity (Wildman–Crippen MR) is 104 cm³/mol. The number of likely N-dealkylation sites (N-methyl/N-ethyl adjacent to an activating group) is 1. The van der Waals surface area contributed by atoms with Crippen molar-refractivity contribution >= 4 is 33.2 Å². The molecule has 0 spiro atoms. The molecule has 0 atom stereocenters. The van der Waals surface area contributed by atoms with Crippen molar-refractivity contribution in [2.45, 2.75) is 11.8 Å². The molecule has 1 amide bonds. The first-order valence-corrected chi connectivity index (χ1v) is 9.87. The Morgan fingerprint density at radius 1 is 1.12 bits per heavy atom. The Morgan fingerprint density at radius 2 is 1.77 bits per heavy atom. The SMILES string of the molecule is Cc1ccc(NS(=O)(=O)c2cc(C(=O)NCCN(C)C)ccc2Cl)cc1. The fraction of sp³-hybridized carbons (Fsp3) is 0.278. The third-order valence-corrected chi connectivity index (χ3v) is 5.49. The molecule has 2 aromatic rings. The minimum absolute atomic E-state index is 0.0504. The molecule has 0 aliphatic heterocycles. The minimum Gasteiger partial charge on any atom is -0.351 e. The van der Waals surface area contributed by atoms with Gasteiger partial charge in [-0.05, 0) is 51.4 Å². The third kappa shape index (κ3) is 5.45. The van der Waals surface area contributed by atoms with Gasteiger partial charge < -0.3 is 10.2 Å². The Bertz CT molecular complexity index is 881. The molecule has 140 valence electrons. The topological polar surface area (TPSA) is 78.5 Å². The molecule has 0 aliphatic rings. The van der Waals surface area contributed by atoms with Crippen LogP contribution in [0.25, 0.3) is 0 Å². The number of sulfonamides is 1. The largest absolute Gasteiger partial charge is 0.351 e. The van der Waals surface area contributed by atoms with Crippen LogP contribution in [0.4, 0.5) is 5.69 Å². The number of hydrogen-bond acceptors (Lipinski definition) is 4. The smallest absolute Gasteiger partial charge is 0.263 e. The number of carbonyl (C=O) groups excluding carboxylic acids is 1. The van der Waals surface area contributed by atoms with Crippen molar-refractivity contribution in [2.75, 3.05) is 31.9 Å². The van der Waals surface area contributed by atoms with E-state index in [9.17, 15) is 13.2 Å². The lowest BCUT2D eigenvalue weighted by Crippen LogP contribution is -2.31. The number of rotatable bonds is 7. The van der Waals surface area contributed by atoms with Crippen LogP contribution >= 0.6 is 11.6 Å². The van der Waals surface area contributed by atoms with E-state index in [1.54, 1.807) is 24.3 Å². The first kappa shape index (κ1) is 20.2. The summed E-state index contributed by atoms with van der Waals surface area (Å²) in [6.07, 6.45) is 0. The molecule has 2 aromatic carbocycles. The maximum atomic E-state index is 12.7. The molecule has 6 nitrogen and oxygen atoms in total. The quantitative estimate of drug-likeness (QED) is 0.755. The third-order valence-electron chi connectivity index (χ3n) is 3.63. The fourth-order valence-electron chi connectivity index (χ4n) is 2.18. The predicted octanol–water partition coefficient (Wildman–Crippen LogP) is 2.74. The van der Waals surface area contributed by atoms with Crippen molar-refractivity contribution < 1.29 is 13.2 Å². The van der Waals surface area contributed by atoms with Gasteiger partial charge in [0, 0.05) is 24.3 Å². The zero-order valence-corrected chi connectivity index (χ0v) is 16.5. The molecule has 2 N–H and O–H groups in total. The molecule has 0 radical (unpaired) electrons. The first-order valence-electron chi connectivity index (χ1n) is 8.01. The molecule has 2 rings (SSSR count). The molecular weight excluding hydrogens is 374 g/mol. The summed E-state index contributed by atoms with van der Waals surface area (Å²) in [5.74, 6) is -0.352. The minimum atomic E-state index is -3.92. The zero-order valence-electron chi connectivity index (χ0n) is 14.9. The Morgan fingerprint density at radius 3 is 2.38 bits per heavy atom. The number of nitrogens with one attached hydrogen (secondary N) is 2. The highest BCUT2D eigenvalue weighted by atomic mass is 35.5. The number of hydrogen-bond donors (Lipinski definition) is 2. The maximum absolute atomic E-state index is 12.7. The number of nitrogens with zero attached hydrogens (tertiary/aromatic N) is 1. The Hall–Kier alpha value is -2.09. The highest BCUT2D eigenvalue weighted by molar-refractivity contribution is 7.92. The summed E-state index contributed by atoms with van der Waals surface area (Å²) in [4.78, 5) is 14.0. The summed E-state index contributed by atoms with van der Waals surface area (Å²) in [5.41, 5.74) is 1.67. The van der Waals surface area contributed by atoms with E-state index >= 15 is 0 Å². The second-order valence-electron chi connectivity index (χ2n) is 6.18. The average molecular weight is 396 g/mol. The normalized spacial score (nSPS) is 11.4. The molecule has 8 heteroatoms. The van der Waals surface area contributed by atoms with E-state index in [0.29, 0.717) is 18.8 Å². The van der Waals surface area contributed by atoms with Crippen molar-refractivity contribution in [3.8, 4) is 0 Å². The molecule has 26 heavy (non-hydrogen) atoms. The summed E-state index contributed by atoms with van der Waals surface area (Å²) in [6.45, 7) is 3.05. The summed E-state index contributed by atoms with van der Waals surface area (Å²) in [6, 6.07) is 11.1. The highest BCUT2D eigenvalue weighted by Crippen LogP contribution is 2.25. The second-order valence-corrected chi connectivity index (χ2v) is 8.23.